The van der Waals surface area contributed by atoms with E-state index in [9.17, 15) is 4.79 Å². The molecule has 0 spiro atoms. The van der Waals surface area contributed by atoms with Crippen molar-refractivity contribution < 1.29 is 9.21 Å². The van der Waals surface area contributed by atoms with Crippen LogP contribution in [0.1, 0.15) is 27.5 Å². The van der Waals surface area contributed by atoms with Crippen LogP contribution < -0.4 is 5.43 Å². The summed E-state index contributed by atoms with van der Waals surface area (Å²) >= 11 is 12.3. The van der Waals surface area contributed by atoms with Gasteiger partial charge >= 0.3 is 0 Å². The van der Waals surface area contributed by atoms with Gasteiger partial charge in [0.15, 0.2) is 0 Å². The number of rotatable bonds is 5. The van der Waals surface area contributed by atoms with E-state index >= 15 is 0 Å². The van der Waals surface area contributed by atoms with Crippen molar-refractivity contribution in [3.63, 3.8) is 0 Å². The molecular weight excluding hydrogens is 433 g/mol. The highest BCUT2D eigenvalue weighted by atomic mass is 35.5. The summed E-state index contributed by atoms with van der Waals surface area (Å²) in [6.07, 6.45) is 1.44. The van der Waals surface area contributed by atoms with Gasteiger partial charge in [0.25, 0.3) is 5.91 Å². The molecule has 2 aromatic carbocycles. The van der Waals surface area contributed by atoms with Gasteiger partial charge in [-0.2, -0.15) is 5.10 Å². The number of aryl methyl sites for hydroxylation is 2. The largest absolute Gasteiger partial charge is 0.455 e. The molecule has 5 nitrogen and oxygen atoms in total. The first-order valence-corrected chi connectivity index (χ1v) is 10.3. The number of hydrogen-bond acceptors (Lipinski definition) is 3. The summed E-state index contributed by atoms with van der Waals surface area (Å²) in [6, 6.07) is 20.3. The Balaban J connectivity index is 1.44. The third-order valence-corrected chi connectivity index (χ3v) is 5.40. The topological polar surface area (TPSA) is 59.5 Å². The molecule has 2 aromatic heterocycles. The summed E-state index contributed by atoms with van der Waals surface area (Å²) in [5.41, 5.74) is 6.80. The number of nitrogens with zero attached hydrogens (tertiary/aromatic N) is 2. The molecule has 1 amide bonds. The maximum absolute atomic E-state index is 12.5. The Morgan fingerprint density at radius 3 is 2.35 bits per heavy atom. The van der Waals surface area contributed by atoms with Crippen LogP contribution in [0.3, 0.4) is 0 Å². The van der Waals surface area contributed by atoms with Crippen LogP contribution in [-0.2, 0) is 0 Å². The van der Waals surface area contributed by atoms with Crippen molar-refractivity contribution in [2.75, 3.05) is 0 Å². The predicted molar refractivity (Wildman–Crippen MR) is 124 cm³/mol. The van der Waals surface area contributed by atoms with Crippen molar-refractivity contribution in [3.05, 3.63) is 99.5 Å². The minimum Gasteiger partial charge on any atom is -0.455 e. The van der Waals surface area contributed by atoms with Gasteiger partial charge < -0.3 is 8.98 Å². The lowest BCUT2D eigenvalue weighted by Crippen LogP contribution is -2.18. The lowest BCUT2D eigenvalue weighted by atomic mass is 10.2. The van der Waals surface area contributed by atoms with E-state index in [1.807, 2.05) is 50.2 Å². The van der Waals surface area contributed by atoms with Crippen LogP contribution >= 0.6 is 23.2 Å². The van der Waals surface area contributed by atoms with Crippen LogP contribution in [-0.4, -0.2) is 16.7 Å². The highest BCUT2D eigenvalue weighted by molar-refractivity contribution is 6.34. The molecule has 4 rings (SSSR count). The fourth-order valence-electron chi connectivity index (χ4n) is 3.31. The summed E-state index contributed by atoms with van der Waals surface area (Å²) in [5, 5.41) is 4.98. The fourth-order valence-corrected chi connectivity index (χ4v) is 3.70. The van der Waals surface area contributed by atoms with Crippen molar-refractivity contribution in [2.24, 2.45) is 5.10 Å². The molecule has 7 heteroatoms. The van der Waals surface area contributed by atoms with Crippen molar-refractivity contribution >= 4 is 35.3 Å². The van der Waals surface area contributed by atoms with E-state index in [1.165, 1.54) is 6.21 Å². The van der Waals surface area contributed by atoms with Crippen LogP contribution in [0, 0.1) is 13.8 Å². The van der Waals surface area contributed by atoms with Crippen LogP contribution in [0.2, 0.25) is 10.0 Å². The van der Waals surface area contributed by atoms with E-state index < -0.39 is 5.91 Å². The number of hydrazone groups is 1. The molecule has 0 radical (unpaired) electrons. The number of hydrogen-bond donors (Lipinski definition) is 1. The average molecular weight is 452 g/mol. The maximum atomic E-state index is 12.5. The number of benzene rings is 2. The maximum Gasteiger partial charge on any atom is 0.272 e. The molecule has 0 saturated carbocycles. The van der Waals surface area contributed by atoms with Crippen LogP contribution in [0.5, 0.6) is 0 Å². The van der Waals surface area contributed by atoms with Crippen molar-refractivity contribution in [1.82, 2.24) is 9.99 Å². The number of aromatic nitrogens is 1. The number of halogens is 2. The number of nitrogens with one attached hydrogen (secondary N) is 1. The monoisotopic (exact) mass is 451 g/mol. The van der Waals surface area contributed by atoms with E-state index in [0.717, 1.165) is 22.6 Å². The zero-order chi connectivity index (χ0) is 22.0. The Morgan fingerprint density at radius 1 is 0.968 bits per heavy atom. The first-order valence-electron chi connectivity index (χ1n) is 9.56. The summed E-state index contributed by atoms with van der Waals surface area (Å²) in [6.45, 7) is 4.03. The summed E-state index contributed by atoms with van der Waals surface area (Å²) in [4.78, 5) is 12.5. The van der Waals surface area contributed by atoms with Gasteiger partial charge in [0.2, 0.25) is 0 Å². The van der Waals surface area contributed by atoms with E-state index in [2.05, 4.69) is 15.1 Å². The molecule has 0 aliphatic rings. The summed E-state index contributed by atoms with van der Waals surface area (Å²) in [5.74, 6) is 0.780. The van der Waals surface area contributed by atoms with Gasteiger partial charge in [-0.1, -0.05) is 23.2 Å². The molecule has 2 heterocycles. The predicted octanol–water partition coefficient (Wildman–Crippen LogP) is 6.42. The van der Waals surface area contributed by atoms with E-state index in [-0.39, 0.29) is 0 Å². The average Bonchev–Trinajstić information content (AvgIpc) is 3.35. The Labute approximate surface area is 189 Å². The molecule has 0 fully saturated rings. The highest BCUT2D eigenvalue weighted by Gasteiger charge is 2.12. The second kappa shape index (κ2) is 8.84. The summed E-state index contributed by atoms with van der Waals surface area (Å²) in [7, 11) is 0. The van der Waals surface area contributed by atoms with Crippen molar-refractivity contribution in [3.8, 4) is 17.0 Å². The molecule has 0 aliphatic carbocycles. The molecule has 0 unspecified atom stereocenters. The number of furan rings is 1. The zero-order valence-corrected chi connectivity index (χ0v) is 18.4. The number of carbonyl (C=O) groups is 1. The first-order chi connectivity index (χ1) is 14.9. The fraction of sp³-hybridized carbons (Fsp3) is 0.0833. The standard InChI is InChI=1S/C24H19Cl2N3O2/c1-15-3-4-16(2)29(15)19-9-11-21(22(26)13-19)24(30)28-27-14-20-10-12-23(31-20)17-5-7-18(25)8-6-17/h3-14H,1-2H3,(H,28,30)/b27-14+. The lowest BCUT2D eigenvalue weighted by molar-refractivity contribution is 0.0955. The molecule has 4 aromatic rings. The van der Waals surface area contributed by atoms with Gasteiger partial charge in [0, 0.05) is 27.7 Å². The summed E-state index contributed by atoms with van der Waals surface area (Å²) < 4.78 is 7.80. The Morgan fingerprint density at radius 2 is 1.68 bits per heavy atom. The third kappa shape index (κ3) is 4.58. The first kappa shape index (κ1) is 21.0. The van der Waals surface area contributed by atoms with Gasteiger partial charge in [-0.3, -0.25) is 4.79 Å². The molecule has 0 saturated heterocycles. The Hall–Kier alpha value is -3.28. The van der Waals surface area contributed by atoms with Crippen molar-refractivity contribution in [1.29, 1.82) is 0 Å². The lowest BCUT2D eigenvalue weighted by Gasteiger charge is -2.11. The molecule has 31 heavy (non-hydrogen) atoms. The van der Waals surface area contributed by atoms with Gasteiger partial charge in [-0.15, -0.1) is 0 Å². The Kier molecular flexibility index (Phi) is 5.98. The minimum absolute atomic E-state index is 0.339. The van der Waals surface area contributed by atoms with Gasteiger partial charge in [0.1, 0.15) is 11.5 Å². The second-order valence-electron chi connectivity index (χ2n) is 7.02. The van der Waals surface area contributed by atoms with Crippen LogP contribution in [0.4, 0.5) is 0 Å². The van der Waals surface area contributed by atoms with Crippen molar-refractivity contribution in [2.45, 2.75) is 13.8 Å². The van der Waals surface area contributed by atoms with Crippen LogP contribution in [0.25, 0.3) is 17.0 Å². The minimum atomic E-state index is -0.404. The normalized spacial score (nSPS) is 11.2. The molecule has 156 valence electrons. The number of carbonyl (C=O) groups excluding carboxylic acids is 1. The van der Waals surface area contributed by atoms with E-state index in [0.29, 0.717) is 27.1 Å². The zero-order valence-electron chi connectivity index (χ0n) is 16.9. The third-order valence-electron chi connectivity index (χ3n) is 4.84. The van der Waals surface area contributed by atoms with Crippen LogP contribution in [0.15, 0.2) is 76.2 Å². The van der Waals surface area contributed by atoms with E-state index in [4.69, 9.17) is 27.6 Å². The molecule has 0 bridgehead atoms. The second-order valence-corrected chi connectivity index (χ2v) is 7.87. The smallest absolute Gasteiger partial charge is 0.272 e. The molecule has 1 N–H and O–H groups in total. The van der Waals surface area contributed by atoms with Gasteiger partial charge in [0.05, 0.1) is 16.8 Å². The molecule has 0 aliphatic heterocycles. The SMILES string of the molecule is Cc1ccc(C)n1-c1ccc(C(=O)N/N=C/c2ccc(-c3ccc(Cl)cc3)o2)c(Cl)c1. The molecular formula is C24H19Cl2N3O2. The highest BCUT2D eigenvalue weighted by Crippen LogP contribution is 2.24. The Bertz CT molecular complexity index is 1250. The quantitative estimate of drug-likeness (QED) is 0.280. The number of amides is 1. The van der Waals surface area contributed by atoms with Gasteiger partial charge in [-0.25, -0.2) is 5.43 Å². The van der Waals surface area contributed by atoms with Gasteiger partial charge in [-0.05, 0) is 80.6 Å². The van der Waals surface area contributed by atoms with E-state index in [1.54, 1.807) is 30.3 Å². The molecule has 0 atom stereocenters.